The van der Waals surface area contributed by atoms with Crippen molar-refractivity contribution in [3.8, 4) is 11.5 Å². The Morgan fingerprint density at radius 1 is 0.964 bits per heavy atom. The van der Waals surface area contributed by atoms with E-state index in [0.717, 1.165) is 27.6 Å². The molecule has 0 bridgehead atoms. The maximum Gasteiger partial charge on any atom is 0.422 e. The molecule has 3 aromatic carbocycles. The van der Waals surface area contributed by atoms with Gasteiger partial charge in [0.2, 0.25) is 0 Å². The first kappa shape index (κ1) is 20.0. The van der Waals surface area contributed by atoms with Gasteiger partial charge in [0, 0.05) is 11.3 Å². The topological polar surface area (TPSA) is 44.5 Å². The van der Waals surface area contributed by atoms with E-state index < -0.39 is 12.8 Å². The van der Waals surface area contributed by atoms with Crippen molar-refractivity contribution < 1.29 is 22.6 Å². The molecule has 1 atom stereocenters. The quantitative estimate of drug-likeness (QED) is 0.613. The van der Waals surface area contributed by atoms with Gasteiger partial charge in [-0.15, -0.1) is 0 Å². The average molecular weight is 389 g/mol. The van der Waals surface area contributed by atoms with E-state index in [2.05, 4.69) is 0 Å². The third-order valence-electron chi connectivity index (χ3n) is 4.65. The van der Waals surface area contributed by atoms with Crippen molar-refractivity contribution in [2.45, 2.75) is 18.5 Å². The average Bonchev–Trinajstić information content (AvgIpc) is 2.69. The van der Waals surface area contributed by atoms with Gasteiger partial charge in [0.25, 0.3) is 0 Å². The van der Waals surface area contributed by atoms with E-state index in [1.165, 1.54) is 6.07 Å². The van der Waals surface area contributed by atoms with Crippen LogP contribution in [0.25, 0.3) is 10.8 Å². The van der Waals surface area contributed by atoms with Gasteiger partial charge in [-0.25, -0.2) is 0 Å². The highest BCUT2D eigenvalue weighted by molar-refractivity contribution is 5.91. The third kappa shape index (κ3) is 4.75. The molecular weight excluding hydrogens is 367 g/mol. The summed E-state index contributed by atoms with van der Waals surface area (Å²) in [5.74, 6) is 0.997. The third-order valence-corrected chi connectivity index (χ3v) is 4.65. The van der Waals surface area contributed by atoms with E-state index >= 15 is 0 Å². The Morgan fingerprint density at radius 2 is 1.71 bits per heavy atom. The predicted octanol–water partition coefficient (Wildman–Crippen LogP) is 5.07. The summed E-state index contributed by atoms with van der Waals surface area (Å²) >= 11 is 0. The minimum absolute atomic E-state index is 0.00803. The molecule has 3 nitrogen and oxygen atoms in total. The number of rotatable bonds is 7. The number of nitrogens with two attached hydrogens (primary N) is 1. The molecule has 0 aromatic heterocycles. The van der Waals surface area contributed by atoms with Crippen LogP contribution in [0.2, 0.25) is 0 Å². The van der Waals surface area contributed by atoms with Gasteiger partial charge >= 0.3 is 6.18 Å². The van der Waals surface area contributed by atoms with Crippen LogP contribution in [0.4, 0.5) is 13.2 Å². The van der Waals surface area contributed by atoms with Crippen molar-refractivity contribution in [3.63, 3.8) is 0 Å². The molecule has 0 amide bonds. The van der Waals surface area contributed by atoms with Gasteiger partial charge in [0.15, 0.2) is 6.61 Å². The van der Waals surface area contributed by atoms with Crippen LogP contribution in [0.15, 0.2) is 60.7 Å². The number of hydrogen-bond donors (Lipinski definition) is 1. The van der Waals surface area contributed by atoms with E-state index in [4.69, 9.17) is 15.2 Å². The summed E-state index contributed by atoms with van der Waals surface area (Å²) in [6, 6.07) is 18.6. The number of ether oxygens (including phenoxy) is 2. The van der Waals surface area contributed by atoms with Crippen LogP contribution in [0.5, 0.6) is 11.5 Å². The fourth-order valence-corrected chi connectivity index (χ4v) is 3.36. The molecule has 0 fully saturated rings. The Hall–Kier alpha value is -2.73. The Kier molecular flexibility index (Phi) is 6.09. The maximum atomic E-state index is 12.4. The molecule has 0 heterocycles. The lowest BCUT2D eigenvalue weighted by Crippen LogP contribution is -2.19. The second kappa shape index (κ2) is 8.52. The van der Waals surface area contributed by atoms with Gasteiger partial charge in [0.05, 0.1) is 7.11 Å². The molecule has 0 radical (unpaired) electrons. The summed E-state index contributed by atoms with van der Waals surface area (Å²) < 4.78 is 47.5. The van der Waals surface area contributed by atoms with Gasteiger partial charge in [-0.2, -0.15) is 13.2 Å². The van der Waals surface area contributed by atoms with Crippen molar-refractivity contribution in [1.29, 1.82) is 0 Å². The molecule has 3 rings (SSSR count). The normalized spacial score (nSPS) is 12.8. The number of methoxy groups -OCH3 is 1. The summed E-state index contributed by atoms with van der Waals surface area (Å²) in [6.07, 6.45) is -3.77. The fraction of sp³-hybridized carbons (Fsp3) is 0.273. The summed E-state index contributed by atoms with van der Waals surface area (Å²) in [4.78, 5) is 0. The summed E-state index contributed by atoms with van der Waals surface area (Å²) in [7, 11) is 1.63. The zero-order valence-corrected chi connectivity index (χ0v) is 15.5. The van der Waals surface area contributed by atoms with E-state index in [-0.39, 0.29) is 11.7 Å². The van der Waals surface area contributed by atoms with Gasteiger partial charge in [-0.05, 0) is 47.7 Å². The molecule has 0 saturated heterocycles. The lowest BCUT2D eigenvalue weighted by Gasteiger charge is -2.19. The van der Waals surface area contributed by atoms with Gasteiger partial charge < -0.3 is 15.2 Å². The fourth-order valence-electron chi connectivity index (χ4n) is 3.36. The first-order chi connectivity index (χ1) is 13.4. The summed E-state index contributed by atoms with van der Waals surface area (Å²) in [6.45, 7) is -0.899. The highest BCUT2D eigenvalue weighted by Crippen LogP contribution is 2.33. The molecule has 0 aliphatic heterocycles. The molecule has 0 saturated carbocycles. The van der Waals surface area contributed by atoms with Crippen molar-refractivity contribution >= 4 is 10.8 Å². The Balaban J connectivity index is 1.87. The first-order valence-electron chi connectivity index (χ1n) is 8.95. The van der Waals surface area contributed by atoms with Crippen molar-refractivity contribution in [3.05, 3.63) is 71.8 Å². The largest absolute Gasteiger partial charge is 0.496 e. The molecule has 3 aromatic rings. The number of halogens is 3. The van der Waals surface area contributed by atoms with Gasteiger partial charge in [0.1, 0.15) is 11.5 Å². The zero-order valence-electron chi connectivity index (χ0n) is 15.5. The monoisotopic (exact) mass is 389 g/mol. The standard InChI is InChI=1S/C22H22F3NO2/c1-27-21-10-9-18(19-7-2-3-8-20(19)21)16(13-26)11-15-5-4-6-17(12-15)28-14-22(23,24)25/h2-10,12,16H,11,13-14,26H2,1H3. The highest BCUT2D eigenvalue weighted by atomic mass is 19.4. The van der Waals surface area contributed by atoms with Gasteiger partial charge in [-0.1, -0.05) is 42.5 Å². The Labute approximate surface area is 161 Å². The minimum atomic E-state index is -4.36. The Morgan fingerprint density at radius 3 is 2.39 bits per heavy atom. The van der Waals surface area contributed by atoms with E-state index in [1.54, 1.807) is 19.2 Å². The second-order valence-electron chi connectivity index (χ2n) is 6.59. The second-order valence-corrected chi connectivity index (χ2v) is 6.59. The van der Waals surface area contributed by atoms with E-state index in [0.29, 0.717) is 13.0 Å². The number of benzene rings is 3. The zero-order chi connectivity index (χ0) is 20.1. The van der Waals surface area contributed by atoms with Crippen molar-refractivity contribution in [2.75, 3.05) is 20.3 Å². The van der Waals surface area contributed by atoms with Gasteiger partial charge in [-0.3, -0.25) is 0 Å². The molecule has 1 unspecified atom stereocenters. The summed E-state index contributed by atoms with van der Waals surface area (Å²) in [5, 5.41) is 2.06. The van der Waals surface area contributed by atoms with E-state index in [1.807, 2.05) is 42.5 Å². The molecule has 0 aliphatic carbocycles. The van der Waals surface area contributed by atoms with Crippen LogP contribution in [0.3, 0.4) is 0 Å². The Bertz CT molecular complexity index is 940. The van der Waals surface area contributed by atoms with Crippen LogP contribution >= 0.6 is 0 Å². The summed E-state index contributed by atoms with van der Waals surface area (Å²) in [5.41, 5.74) is 8.01. The van der Waals surface area contributed by atoms with E-state index in [9.17, 15) is 13.2 Å². The first-order valence-corrected chi connectivity index (χ1v) is 8.95. The van der Waals surface area contributed by atoms with Crippen molar-refractivity contribution in [2.24, 2.45) is 5.73 Å². The lowest BCUT2D eigenvalue weighted by atomic mass is 9.88. The molecule has 28 heavy (non-hydrogen) atoms. The molecule has 148 valence electrons. The molecule has 0 aliphatic rings. The van der Waals surface area contributed by atoms with Crippen LogP contribution in [-0.4, -0.2) is 26.4 Å². The number of fused-ring (bicyclic) bond motifs is 1. The van der Waals surface area contributed by atoms with Crippen LogP contribution in [-0.2, 0) is 6.42 Å². The van der Waals surface area contributed by atoms with Crippen LogP contribution in [0, 0.1) is 0 Å². The number of alkyl halides is 3. The van der Waals surface area contributed by atoms with Crippen LogP contribution in [0.1, 0.15) is 17.0 Å². The minimum Gasteiger partial charge on any atom is -0.496 e. The van der Waals surface area contributed by atoms with Crippen LogP contribution < -0.4 is 15.2 Å². The maximum absolute atomic E-state index is 12.4. The molecule has 6 heteroatoms. The molecule has 2 N–H and O–H groups in total. The van der Waals surface area contributed by atoms with Crippen molar-refractivity contribution in [1.82, 2.24) is 0 Å². The molecule has 0 spiro atoms. The molecular formula is C22H22F3NO2. The number of hydrogen-bond acceptors (Lipinski definition) is 3. The smallest absolute Gasteiger partial charge is 0.422 e. The lowest BCUT2D eigenvalue weighted by molar-refractivity contribution is -0.153. The highest BCUT2D eigenvalue weighted by Gasteiger charge is 2.28. The SMILES string of the molecule is COc1ccc(C(CN)Cc2cccc(OCC(F)(F)F)c2)c2ccccc12. The predicted molar refractivity (Wildman–Crippen MR) is 104 cm³/mol.